The number of aromatic amines is 1. The van der Waals surface area contributed by atoms with Crippen molar-refractivity contribution >= 4 is 28.4 Å². The molecule has 0 bridgehead atoms. The largest absolute Gasteiger partial charge is 0.497 e. The second kappa shape index (κ2) is 8.98. The van der Waals surface area contributed by atoms with Crippen LogP contribution in [0.4, 0.5) is 0 Å². The van der Waals surface area contributed by atoms with Crippen molar-refractivity contribution in [1.29, 1.82) is 0 Å². The lowest BCUT2D eigenvalue weighted by Crippen LogP contribution is -2.44. The molecular formula is C23H26ClN3O3. The van der Waals surface area contributed by atoms with E-state index in [2.05, 4.69) is 27.3 Å². The van der Waals surface area contributed by atoms with Crippen LogP contribution in [0.5, 0.6) is 11.5 Å². The fraction of sp³-hybridized carbons (Fsp3) is 0.348. The van der Waals surface area contributed by atoms with Gasteiger partial charge < -0.3 is 19.8 Å². The van der Waals surface area contributed by atoms with Gasteiger partial charge in [-0.2, -0.15) is 0 Å². The van der Waals surface area contributed by atoms with Crippen molar-refractivity contribution in [3.05, 3.63) is 58.7 Å². The Kier molecular flexibility index (Phi) is 6.16. The number of likely N-dealkylation sites (tertiary alicyclic amines) is 1. The summed E-state index contributed by atoms with van der Waals surface area (Å²) in [5.41, 5.74) is 2.57. The van der Waals surface area contributed by atoms with Gasteiger partial charge in [0, 0.05) is 42.2 Å². The molecule has 30 heavy (non-hydrogen) atoms. The van der Waals surface area contributed by atoms with E-state index in [1.165, 1.54) is 5.56 Å². The molecule has 0 radical (unpaired) electrons. The van der Waals surface area contributed by atoms with Gasteiger partial charge in [-0.05, 0) is 42.7 Å². The van der Waals surface area contributed by atoms with E-state index in [0.717, 1.165) is 48.4 Å². The van der Waals surface area contributed by atoms with Crippen LogP contribution in [0.1, 0.15) is 28.9 Å². The Morgan fingerprint density at radius 1 is 1.13 bits per heavy atom. The van der Waals surface area contributed by atoms with Crippen molar-refractivity contribution in [1.82, 2.24) is 15.2 Å². The molecule has 7 heteroatoms. The molecule has 2 N–H and O–H groups in total. The van der Waals surface area contributed by atoms with E-state index in [4.69, 9.17) is 21.1 Å². The first kappa shape index (κ1) is 20.6. The first-order valence-electron chi connectivity index (χ1n) is 10.1. The van der Waals surface area contributed by atoms with Gasteiger partial charge in [-0.15, -0.1) is 0 Å². The molecule has 1 aliphatic heterocycles. The Bertz CT molecular complexity index is 1020. The highest BCUT2D eigenvalue weighted by molar-refractivity contribution is 6.30. The number of amides is 1. The summed E-state index contributed by atoms with van der Waals surface area (Å²) in [4.78, 5) is 18.4. The molecule has 0 atom stereocenters. The Morgan fingerprint density at radius 3 is 2.53 bits per heavy atom. The maximum absolute atomic E-state index is 12.8. The third-order valence-electron chi connectivity index (χ3n) is 5.61. The molecule has 2 aromatic carbocycles. The number of H-pyrrole nitrogens is 1. The molecule has 6 nitrogen and oxygen atoms in total. The van der Waals surface area contributed by atoms with Crippen LogP contribution in [-0.2, 0) is 6.54 Å². The number of nitrogens with one attached hydrogen (secondary N) is 2. The zero-order valence-corrected chi connectivity index (χ0v) is 18.0. The number of carbonyl (C=O) groups is 1. The molecule has 1 saturated heterocycles. The highest BCUT2D eigenvalue weighted by Crippen LogP contribution is 2.31. The summed E-state index contributed by atoms with van der Waals surface area (Å²) in [5, 5.41) is 4.81. The van der Waals surface area contributed by atoms with Crippen molar-refractivity contribution in [3.63, 3.8) is 0 Å². The van der Waals surface area contributed by atoms with E-state index in [0.29, 0.717) is 17.2 Å². The predicted octanol–water partition coefficient (Wildman–Crippen LogP) is 4.23. The highest BCUT2D eigenvalue weighted by Gasteiger charge is 2.22. The molecule has 1 aromatic heterocycles. The summed E-state index contributed by atoms with van der Waals surface area (Å²) in [6, 6.07) is 13.7. The smallest absolute Gasteiger partial charge is 0.267 e. The minimum Gasteiger partial charge on any atom is -0.497 e. The van der Waals surface area contributed by atoms with E-state index in [-0.39, 0.29) is 11.9 Å². The number of rotatable bonds is 6. The van der Waals surface area contributed by atoms with Gasteiger partial charge in [0.2, 0.25) is 0 Å². The number of hydrogen-bond donors (Lipinski definition) is 2. The number of halogens is 1. The zero-order chi connectivity index (χ0) is 21.1. The van der Waals surface area contributed by atoms with Crippen LogP contribution < -0.4 is 14.8 Å². The van der Waals surface area contributed by atoms with Crippen molar-refractivity contribution in [2.75, 3.05) is 27.3 Å². The van der Waals surface area contributed by atoms with Gasteiger partial charge in [0.05, 0.1) is 19.7 Å². The summed E-state index contributed by atoms with van der Waals surface area (Å²) in [5.74, 6) is 1.25. The van der Waals surface area contributed by atoms with Crippen LogP contribution in [-0.4, -0.2) is 49.1 Å². The van der Waals surface area contributed by atoms with E-state index in [9.17, 15) is 4.79 Å². The molecule has 158 valence electrons. The molecule has 0 aliphatic carbocycles. The highest BCUT2D eigenvalue weighted by atomic mass is 35.5. The summed E-state index contributed by atoms with van der Waals surface area (Å²) >= 11 is 5.96. The van der Waals surface area contributed by atoms with Crippen molar-refractivity contribution in [2.45, 2.75) is 25.4 Å². The summed E-state index contributed by atoms with van der Waals surface area (Å²) < 4.78 is 10.7. The number of methoxy groups -OCH3 is 2. The molecule has 2 heterocycles. The van der Waals surface area contributed by atoms with E-state index >= 15 is 0 Å². The monoisotopic (exact) mass is 427 g/mol. The number of carbonyl (C=O) groups excluding carboxylic acids is 1. The lowest BCUT2D eigenvalue weighted by Gasteiger charge is -2.32. The summed E-state index contributed by atoms with van der Waals surface area (Å²) in [6.45, 7) is 2.80. The molecule has 0 unspecified atom stereocenters. The minimum absolute atomic E-state index is 0.0941. The lowest BCUT2D eigenvalue weighted by molar-refractivity contribution is 0.0904. The fourth-order valence-electron chi connectivity index (χ4n) is 3.93. The number of fused-ring (bicyclic) bond motifs is 1. The van der Waals surface area contributed by atoms with Crippen LogP contribution in [0.3, 0.4) is 0 Å². The second-order valence-corrected chi connectivity index (χ2v) is 8.06. The van der Waals surface area contributed by atoms with Gasteiger partial charge in [0.25, 0.3) is 5.91 Å². The summed E-state index contributed by atoms with van der Waals surface area (Å²) in [7, 11) is 3.22. The maximum atomic E-state index is 12.8. The molecule has 0 spiro atoms. The molecular weight excluding hydrogens is 402 g/mol. The molecule has 1 fully saturated rings. The SMILES string of the molecule is COc1cc(OC)c2[nH]c(C(=O)NC3CCN(Cc4ccc(Cl)cc4)CC3)cc2c1. The molecule has 1 amide bonds. The number of hydrogen-bond acceptors (Lipinski definition) is 4. The van der Waals surface area contributed by atoms with Crippen molar-refractivity contribution < 1.29 is 14.3 Å². The third-order valence-corrected chi connectivity index (χ3v) is 5.86. The van der Waals surface area contributed by atoms with Gasteiger partial charge in [-0.3, -0.25) is 9.69 Å². The number of ether oxygens (including phenoxy) is 2. The Hall–Kier alpha value is -2.70. The fourth-order valence-corrected chi connectivity index (χ4v) is 4.06. The predicted molar refractivity (Wildman–Crippen MR) is 119 cm³/mol. The van der Waals surface area contributed by atoms with Crippen LogP contribution in [0.25, 0.3) is 10.9 Å². The van der Waals surface area contributed by atoms with Gasteiger partial charge in [-0.25, -0.2) is 0 Å². The molecule has 4 rings (SSSR count). The number of benzene rings is 2. The van der Waals surface area contributed by atoms with E-state index in [1.54, 1.807) is 20.3 Å². The van der Waals surface area contributed by atoms with E-state index in [1.807, 2.05) is 24.3 Å². The topological polar surface area (TPSA) is 66.6 Å². The average molecular weight is 428 g/mol. The average Bonchev–Trinajstić information content (AvgIpc) is 3.20. The van der Waals surface area contributed by atoms with Crippen LogP contribution in [0, 0.1) is 0 Å². The first-order valence-corrected chi connectivity index (χ1v) is 10.5. The Morgan fingerprint density at radius 2 is 1.87 bits per heavy atom. The summed E-state index contributed by atoms with van der Waals surface area (Å²) in [6.07, 6.45) is 1.85. The Labute approximate surface area is 181 Å². The minimum atomic E-state index is -0.0941. The zero-order valence-electron chi connectivity index (χ0n) is 17.2. The lowest BCUT2D eigenvalue weighted by atomic mass is 10.0. The van der Waals surface area contributed by atoms with Gasteiger partial charge in [0.15, 0.2) is 0 Å². The third kappa shape index (κ3) is 4.55. The Balaban J connectivity index is 1.36. The maximum Gasteiger partial charge on any atom is 0.267 e. The van der Waals surface area contributed by atoms with Gasteiger partial charge >= 0.3 is 0 Å². The van der Waals surface area contributed by atoms with Gasteiger partial charge in [0.1, 0.15) is 17.2 Å². The number of piperidine rings is 1. The van der Waals surface area contributed by atoms with Crippen molar-refractivity contribution in [3.8, 4) is 11.5 Å². The van der Waals surface area contributed by atoms with Gasteiger partial charge in [-0.1, -0.05) is 23.7 Å². The number of nitrogens with zero attached hydrogens (tertiary/aromatic N) is 1. The van der Waals surface area contributed by atoms with Crippen LogP contribution in [0.2, 0.25) is 5.02 Å². The normalized spacial score (nSPS) is 15.3. The number of aromatic nitrogens is 1. The van der Waals surface area contributed by atoms with Crippen LogP contribution >= 0.6 is 11.6 Å². The standard InChI is InChI=1S/C23H26ClN3O3/c1-29-19-11-16-12-20(26-22(16)21(13-19)30-2)23(28)25-18-7-9-27(10-8-18)14-15-3-5-17(24)6-4-15/h3-6,11-13,18,26H,7-10,14H2,1-2H3,(H,25,28). The van der Waals surface area contributed by atoms with Crippen molar-refractivity contribution in [2.24, 2.45) is 0 Å². The molecule has 1 aliphatic rings. The first-order chi connectivity index (χ1) is 14.6. The molecule has 3 aromatic rings. The second-order valence-electron chi connectivity index (χ2n) is 7.63. The van der Waals surface area contributed by atoms with E-state index < -0.39 is 0 Å². The van der Waals surface area contributed by atoms with Crippen LogP contribution in [0.15, 0.2) is 42.5 Å². The quantitative estimate of drug-likeness (QED) is 0.617. The molecule has 0 saturated carbocycles.